The number of hydrogen-bond donors (Lipinski definition) is 2. The van der Waals surface area contributed by atoms with Gasteiger partial charge in [-0.05, 0) is 49.8 Å². The molecule has 2 rings (SSSR count). The molecule has 1 fully saturated rings. The van der Waals surface area contributed by atoms with Crippen molar-refractivity contribution in [2.24, 2.45) is 5.73 Å². The van der Waals surface area contributed by atoms with Crippen LogP contribution >= 0.6 is 24.0 Å². The Morgan fingerprint density at radius 1 is 1.44 bits per heavy atom. The number of thiocarbonyl (C=S) groups is 1. The van der Waals surface area contributed by atoms with E-state index in [0.717, 1.165) is 16.4 Å². The summed E-state index contributed by atoms with van der Waals surface area (Å²) in [5.74, 6) is 0. The maximum Gasteiger partial charge on any atom is 0.104 e. The SMILES string of the molecule is CSC1CCCC1Nc1ccc(C(N)=S)c(C)c1. The van der Waals surface area contributed by atoms with Crippen LogP contribution in [0.15, 0.2) is 18.2 Å². The summed E-state index contributed by atoms with van der Waals surface area (Å²) in [6, 6.07) is 6.83. The lowest BCUT2D eigenvalue weighted by Gasteiger charge is -2.21. The first-order valence-corrected chi connectivity index (χ1v) is 8.01. The minimum atomic E-state index is 0.474. The van der Waals surface area contributed by atoms with E-state index in [1.165, 1.54) is 24.9 Å². The Bertz CT molecular complexity index is 445. The van der Waals surface area contributed by atoms with Gasteiger partial charge in [-0.2, -0.15) is 11.8 Å². The van der Waals surface area contributed by atoms with Crippen LogP contribution in [-0.2, 0) is 0 Å². The maximum absolute atomic E-state index is 5.68. The van der Waals surface area contributed by atoms with Crippen molar-refractivity contribution in [1.82, 2.24) is 0 Å². The van der Waals surface area contributed by atoms with Crippen molar-refractivity contribution in [1.29, 1.82) is 0 Å². The molecule has 0 aromatic heterocycles. The number of aryl methyl sites for hydroxylation is 1. The molecule has 0 heterocycles. The fraction of sp³-hybridized carbons (Fsp3) is 0.500. The van der Waals surface area contributed by atoms with Gasteiger partial charge >= 0.3 is 0 Å². The second-order valence-corrected chi connectivity index (χ2v) is 6.37. The van der Waals surface area contributed by atoms with Crippen LogP contribution in [-0.4, -0.2) is 22.5 Å². The summed E-state index contributed by atoms with van der Waals surface area (Å²) < 4.78 is 0. The standard InChI is InChI=1S/C14H20N2S2/c1-9-8-10(6-7-11(9)14(15)17)16-12-4-3-5-13(12)18-2/h6-8,12-13,16H,3-5H2,1-2H3,(H2,15,17). The summed E-state index contributed by atoms with van der Waals surface area (Å²) in [4.78, 5) is 0.474. The average molecular weight is 280 g/mol. The maximum atomic E-state index is 5.68. The van der Waals surface area contributed by atoms with Crippen molar-refractivity contribution in [3.05, 3.63) is 29.3 Å². The average Bonchev–Trinajstić information content (AvgIpc) is 2.76. The molecule has 1 aromatic carbocycles. The monoisotopic (exact) mass is 280 g/mol. The highest BCUT2D eigenvalue weighted by atomic mass is 32.2. The van der Waals surface area contributed by atoms with Crippen molar-refractivity contribution in [3.8, 4) is 0 Å². The van der Waals surface area contributed by atoms with Gasteiger partial charge in [0.05, 0.1) is 0 Å². The van der Waals surface area contributed by atoms with Crippen molar-refractivity contribution in [2.75, 3.05) is 11.6 Å². The molecule has 0 saturated heterocycles. The number of thioether (sulfide) groups is 1. The summed E-state index contributed by atoms with van der Waals surface area (Å²) in [6.07, 6.45) is 6.11. The Labute approximate surface area is 119 Å². The molecular formula is C14H20N2S2. The van der Waals surface area contributed by atoms with Crippen molar-refractivity contribution >= 4 is 34.7 Å². The Morgan fingerprint density at radius 2 is 2.22 bits per heavy atom. The smallest absolute Gasteiger partial charge is 0.104 e. The van der Waals surface area contributed by atoms with E-state index in [1.807, 2.05) is 17.8 Å². The Balaban J connectivity index is 2.10. The van der Waals surface area contributed by atoms with E-state index in [-0.39, 0.29) is 0 Å². The van der Waals surface area contributed by atoms with Crippen LogP contribution in [0.5, 0.6) is 0 Å². The Kier molecular flexibility index (Phi) is 4.51. The molecule has 2 atom stereocenters. The number of benzene rings is 1. The molecule has 0 amide bonds. The summed E-state index contributed by atoms with van der Waals surface area (Å²) >= 11 is 7.00. The van der Waals surface area contributed by atoms with E-state index < -0.39 is 0 Å². The van der Waals surface area contributed by atoms with E-state index in [4.69, 9.17) is 18.0 Å². The quantitative estimate of drug-likeness (QED) is 0.830. The largest absolute Gasteiger partial charge is 0.389 e. The van der Waals surface area contributed by atoms with Gasteiger partial charge in [-0.1, -0.05) is 18.6 Å². The first-order chi connectivity index (χ1) is 8.61. The third-order valence-corrected chi connectivity index (χ3v) is 4.99. The lowest BCUT2D eigenvalue weighted by Crippen LogP contribution is -2.25. The predicted octanol–water partition coefficient (Wildman–Crippen LogP) is 3.33. The van der Waals surface area contributed by atoms with Crippen LogP contribution < -0.4 is 11.1 Å². The molecule has 3 N–H and O–H groups in total. The normalized spacial score (nSPS) is 23.0. The topological polar surface area (TPSA) is 38.0 Å². The fourth-order valence-electron chi connectivity index (χ4n) is 2.62. The number of nitrogens with one attached hydrogen (secondary N) is 1. The van der Waals surface area contributed by atoms with Crippen molar-refractivity contribution < 1.29 is 0 Å². The summed E-state index contributed by atoms with van der Waals surface area (Å²) in [5.41, 5.74) is 8.98. The molecule has 98 valence electrons. The molecule has 2 unspecified atom stereocenters. The lowest BCUT2D eigenvalue weighted by atomic mass is 10.1. The highest BCUT2D eigenvalue weighted by Crippen LogP contribution is 2.31. The Hall–Kier alpha value is -0.740. The van der Waals surface area contributed by atoms with E-state index >= 15 is 0 Å². The fourth-order valence-corrected chi connectivity index (χ4v) is 3.78. The summed E-state index contributed by atoms with van der Waals surface area (Å²) in [5, 5.41) is 4.38. The molecule has 0 aliphatic heterocycles. The zero-order valence-corrected chi connectivity index (χ0v) is 12.5. The van der Waals surface area contributed by atoms with Crippen LogP contribution in [0.1, 0.15) is 30.4 Å². The third kappa shape index (κ3) is 2.98. The number of hydrogen-bond acceptors (Lipinski definition) is 3. The van der Waals surface area contributed by atoms with Gasteiger partial charge in [-0.15, -0.1) is 0 Å². The molecule has 4 heteroatoms. The van der Waals surface area contributed by atoms with Crippen LogP contribution in [0.4, 0.5) is 5.69 Å². The van der Waals surface area contributed by atoms with E-state index in [1.54, 1.807) is 0 Å². The minimum absolute atomic E-state index is 0.474. The van der Waals surface area contributed by atoms with Gasteiger partial charge in [0.1, 0.15) is 4.99 Å². The molecule has 1 aromatic rings. The van der Waals surface area contributed by atoms with E-state index in [2.05, 4.69) is 30.6 Å². The zero-order chi connectivity index (χ0) is 13.1. The highest BCUT2D eigenvalue weighted by molar-refractivity contribution is 7.99. The summed E-state index contributed by atoms with van der Waals surface area (Å²) in [6.45, 7) is 2.06. The molecule has 0 radical (unpaired) electrons. The molecule has 18 heavy (non-hydrogen) atoms. The van der Waals surface area contributed by atoms with Gasteiger partial charge in [0.25, 0.3) is 0 Å². The van der Waals surface area contributed by atoms with Gasteiger partial charge in [-0.25, -0.2) is 0 Å². The lowest BCUT2D eigenvalue weighted by molar-refractivity contribution is 0.768. The molecule has 2 nitrogen and oxygen atoms in total. The van der Waals surface area contributed by atoms with Crippen molar-refractivity contribution in [2.45, 2.75) is 37.5 Å². The molecule has 1 aliphatic carbocycles. The van der Waals surface area contributed by atoms with Gasteiger partial charge in [0.15, 0.2) is 0 Å². The van der Waals surface area contributed by atoms with Crippen LogP contribution in [0.25, 0.3) is 0 Å². The zero-order valence-electron chi connectivity index (χ0n) is 10.9. The Morgan fingerprint density at radius 3 is 2.83 bits per heavy atom. The minimum Gasteiger partial charge on any atom is -0.389 e. The van der Waals surface area contributed by atoms with E-state index in [9.17, 15) is 0 Å². The number of nitrogens with two attached hydrogens (primary N) is 1. The highest BCUT2D eigenvalue weighted by Gasteiger charge is 2.26. The second kappa shape index (κ2) is 5.93. The summed E-state index contributed by atoms with van der Waals surface area (Å²) in [7, 11) is 0. The third-order valence-electron chi connectivity index (χ3n) is 3.60. The van der Waals surface area contributed by atoms with Gasteiger partial charge < -0.3 is 11.1 Å². The van der Waals surface area contributed by atoms with Crippen LogP contribution in [0.2, 0.25) is 0 Å². The first kappa shape index (κ1) is 13.7. The molecular weight excluding hydrogens is 260 g/mol. The molecule has 1 saturated carbocycles. The first-order valence-electron chi connectivity index (χ1n) is 6.31. The van der Waals surface area contributed by atoms with Crippen molar-refractivity contribution in [3.63, 3.8) is 0 Å². The van der Waals surface area contributed by atoms with Crippen LogP contribution in [0, 0.1) is 6.92 Å². The van der Waals surface area contributed by atoms with Gasteiger partial charge in [0.2, 0.25) is 0 Å². The van der Waals surface area contributed by atoms with Gasteiger partial charge in [0, 0.05) is 22.5 Å². The van der Waals surface area contributed by atoms with Crippen LogP contribution in [0.3, 0.4) is 0 Å². The predicted molar refractivity (Wildman–Crippen MR) is 85.6 cm³/mol. The molecule has 0 spiro atoms. The molecule has 1 aliphatic rings. The second-order valence-electron chi connectivity index (χ2n) is 4.85. The number of anilines is 1. The van der Waals surface area contributed by atoms with E-state index in [0.29, 0.717) is 11.0 Å². The number of rotatable bonds is 4. The molecule has 0 bridgehead atoms. The van der Waals surface area contributed by atoms with Gasteiger partial charge in [-0.3, -0.25) is 0 Å².